The van der Waals surface area contributed by atoms with Crippen molar-refractivity contribution in [3.8, 4) is 23.0 Å². The van der Waals surface area contributed by atoms with E-state index in [-0.39, 0.29) is 30.1 Å². The van der Waals surface area contributed by atoms with E-state index in [4.69, 9.17) is 9.47 Å². The van der Waals surface area contributed by atoms with Gasteiger partial charge in [0.05, 0.1) is 0 Å². The summed E-state index contributed by atoms with van der Waals surface area (Å²) in [6, 6.07) is 10.7. The normalized spacial score (nSPS) is 17.3. The van der Waals surface area contributed by atoms with Crippen molar-refractivity contribution in [2.24, 2.45) is 5.92 Å². The summed E-state index contributed by atoms with van der Waals surface area (Å²) in [5.74, 6) is 1.23. The molecule has 7 heteroatoms. The smallest absolute Gasteiger partial charge is 0.231 e. The molecule has 0 saturated carbocycles. The molecule has 0 radical (unpaired) electrons. The Morgan fingerprint density at radius 3 is 2.45 bits per heavy atom. The first-order valence-electron chi connectivity index (χ1n) is 9.90. The molecule has 2 aromatic rings. The first-order valence-corrected chi connectivity index (χ1v) is 9.90. The number of ether oxygens (including phenoxy) is 2. The van der Waals surface area contributed by atoms with Crippen LogP contribution in [-0.4, -0.2) is 58.9 Å². The number of hydrogen-bond acceptors (Lipinski definition) is 6. The molecule has 1 fully saturated rings. The zero-order valence-electron chi connectivity index (χ0n) is 16.5. The quantitative estimate of drug-likeness (QED) is 0.753. The van der Waals surface area contributed by atoms with E-state index in [0.29, 0.717) is 19.5 Å². The summed E-state index contributed by atoms with van der Waals surface area (Å²) >= 11 is 0. The van der Waals surface area contributed by atoms with Crippen molar-refractivity contribution in [3.63, 3.8) is 0 Å². The molecule has 7 nitrogen and oxygen atoms in total. The van der Waals surface area contributed by atoms with Gasteiger partial charge < -0.3 is 24.6 Å². The lowest BCUT2D eigenvalue weighted by Crippen LogP contribution is -2.49. The molecule has 2 aliphatic rings. The van der Waals surface area contributed by atoms with Gasteiger partial charge in [-0.25, -0.2) is 0 Å². The van der Waals surface area contributed by atoms with Crippen LogP contribution in [-0.2, 0) is 17.8 Å². The third-order valence-electron chi connectivity index (χ3n) is 5.53. The van der Waals surface area contributed by atoms with Crippen LogP contribution in [0.5, 0.6) is 23.0 Å². The average Bonchev–Trinajstić information content (AvgIpc) is 3.18. The van der Waals surface area contributed by atoms with Crippen molar-refractivity contribution in [1.29, 1.82) is 0 Å². The summed E-state index contributed by atoms with van der Waals surface area (Å²) in [5.41, 5.74) is 2.01. The minimum atomic E-state index is -0.181. The Kier molecular flexibility index (Phi) is 5.49. The standard InChI is InChI=1S/C22H26N2O5/c1-15(10-16-2-4-18(25)19(26)11-16)22(27)24-8-6-23(7-9-24)13-17-3-5-20-21(12-17)29-14-28-20/h2-5,11-12,15,25-26H,6-10,13-14H2,1H3. The van der Waals surface area contributed by atoms with Gasteiger partial charge >= 0.3 is 0 Å². The molecule has 4 rings (SSSR count). The molecular formula is C22H26N2O5. The summed E-state index contributed by atoms with van der Waals surface area (Å²) in [7, 11) is 0. The molecule has 0 aliphatic carbocycles. The van der Waals surface area contributed by atoms with Gasteiger partial charge in [0, 0.05) is 38.6 Å². The Bertz CT molecular complexity index is 893. The summed E-state index contributed by atoms with van der Waals surface area (Å²) in [5, 5.41) is 19.1. The predicted octanol–water partition coefficient (Wildman–Crippen LogP) is 2.35. The maximum atomic E-state index is 12.8. The third-order valence-corrected chi connectivity index (χ3v) is 5.53. The van der Waals surface area contributed by atoms with E-state index in [1.165, 1.54) is 17.7 Å². The SMILES string of the molecule is CC(Cc1ccc(O)c(O)c1)C(=O)N1CCN(Cc2ccc3c(c2)OCO3)CC1. The van der Waals surface area contributed by atoms with Crippen LogP contribution in [0.2, 0.25) is 0 Å². The van der Waals surface area contributed by atoms with Gasteiger partial charge in [0.25, 0.3) is 0 Å². The van der Waals surface area contributed by atoms with Gasteiger partial charge in [-0.15, -0.1) is 0 Å². The topological polar surface area (TPSA) is 82.5 Å². The number of phenolic OH excluding ortho intramolecular Hbond substituents is 2. The van der Waals surface area contributed by atoms with E-state index < -0.39 is 0 Å². The highest BCUT2D eigenvalue weighted by Crippen LogP contribution is 2.33. The molecule has 2 aliphatic heterocycles. The van der Waals surface area contributed by atoms with Gasteiger partial charge in [0.1, 0.15) is 0 Å². The Morgan fingerprint density at radius 1 is 0.966 bits per heavy atom. The van der Waals surface area contributed by atoms with Crippen LogP contribution in [0.15, 0.2) is 36.4 Å². The van der Waals surface area contributed by atoms with Crippen molar-refractivity contribution in [3.05, 3.63) is 47.5 Å². The van der Waals surface area contributed by atoms with Crippen LogP contribution in [0.4, 0.5) is 0 Å². The summed E-state index contributed by atoms with van der Waals surface area (Å²) < 4.78 is 10.8. The lowest BCUT2D eigenvalue weighted by Gasteiger charge is -2.36. The van der Waals surface area contributed by atoms with Crippen LogP contribution in [0.25, 0.3) is 0 Å². The second-order valence-electron chi connectivity index (χ2n) is 7.72. The monoisotopic (exact) mass is 398 g/mol. The lowest BCUT2D eigenvalue weighted by atomic mass is 9.99. The number of nitrogens with zero attached hydrogens (tertiary/aromatic N) is 2. The summed E-state index contributed by atoms with van der Waals surface area (Å²) in [4.78, 5) is 17.1. The number of rotatable bonds is 5. The molecule has 1 atom stereocenters. The fourth-order valence-electron chi connectivity index (χ4n) is 3.87. The summed E-state index contributed by atoms with van der Waals surface area (Å²) in [6.07, 6.45) is 0.532. The molecule has 0 aromatic heterocycles. The minimum absolute atomic E-state index is 0.125. The zero-order valence-corrected chi connectivity index (χ0v) is 16.5. The molecule has 2 N–H and O–H groups in total. The highest BCUT2D eigenvalue weighted by atomic mass is 16.7. The number of aromatic hydroxyl groups is 2. The van der Waals surface area contributed by atoms with Crippen molar-refractivity contribution < 1.29 is 24.5 Å². The van der Waals surface area contributed by atoms with Crippen LogP contribution < -0.4 is 9.47 Å². The van der Waals surface area contributed by atoms with E-state index in [2.05, 4.69) is 11.0 Å². The number of fused-ring (bicyclic) bond motifs is 1. The van der Waals surface area contributed by atoms with Crippen molar-refractivity contribution in [2.75, 3.05) is 33.0 Å². The maximum absolute atomic E-state index is 12.8. The van der Waals surface area contributed by atoms with Crippen molar-refractivity contribution >= 4 is 5.91 Å². The van der Waals surface area contributed by atoms with Gasteiger partial charge in [-0.2, -0.15) is 0 Å². The fourth-order valence-corrected chi connectivity index (χ4v) is 3.87. The number of amides is 1. The Labute approximate surface area is 170 Å². The minimum Gasteiger partial charge on any atom is -0.504 e. The van der Waals surface area contributed by atoms with Crippen molar-refractivity contribution in [1.82, 2.24) is 9.80 Å². The van der Waals surface area contributed by atoms with Crippen LogP contribution in [0, 0.1) is 5.92 Å². The molecular weight excluding hydrogens is 372 g/mol. The zero-order chi connectivity index (χ0) is 20.4. The second-order valence-corrected chi connectivity index (χ2v) is 7.72. The molecule has 1 saturated heterocycles. The number of piperazine rings is 1. The molecule has 1 unspecified atom stereocenters. The van der Waals surface area contributed by atoms with Gasteiger partial charge in [0.15, 0.2) is 23.0 Å². The number of hydrogen-bond donors (Lipinski definition) is 2. The molecule has 154 valence electrons. The van der Waals surface area contributed by atoms with Crippen LogP contribution >= 0.6 is 0 Å². The summed E-state index contributed by atoms with van der Waals surface area (Å²) in [6.45, 7) is 6.07. The Hall–Kier alpha value is -2.93. The third kappa shape index (κ3) is 4.40. The lowest BCUT2D eigenvalue weighted by molar-refractivity contribution is -0.136. The van der Waals surface area contributed by atoms with Crippen molar-refractivity contribution in [2.45, 2.75) is 19.9 Å². The van der Waals surface area contributed by atoms with E-state index in [1.807, 2.05) is 24.0 Å². The van der Waals surface area contributed by atoms with Gasteiger partial charge in [0.2, 0.25) is 12.7 Å². The maximum Gasteiger partial charge on any atom is 0.231 e. The van der Waals surface area contributed by atoms with Crippen LogP contribution in [0.1, 0.15) is 18.1 Å². The predicted molar refractivity (Wildman–Crippen MR) is 107 cm³/mol. The largest absolute Gasteiger partial charge is 0.504 e. The number of carbonyl (C=O) groups is 1. The molecule has 1 amide bonds. The Balaban J connectivity index is 1.28. The second kappa shape index (κ2) is 8.21. The number of benzene rings is 2. The van der Waals surface area contributed by atoms with Gasteiger partial charge in [-0.1, -0.05) is 19.1 Å². The molecule has 29 heavy (non-hydrogen) atoms. The number of carbonyl (C=O) groups excluding carboxylic acids is 1. The fraction of sp³-hybridized carbons (Fsp3) is 0.409. The van der Waals surface area contributed by atoms with Gasteiger partial charge in [-0.3, -0.25) is 9.69 Å². The van der Waals surface area contributed by atoms with E-state index >= 15 is 0 Å². The highest BCUT2D eigenvalue weighted by Gasteiger charge is 2.25. The molecule has 2 aromatic carbocycles. The van der Waals surface area contributed by atoms with E-state index in [9.17, 15) is 15.0 Å². The molecule has 0 spiro atoms. The van der Waals surface area contributed by atoms with Crippen LogP contribution in [0.3, 0.4) is 0 Å². The number of phenols is 2. The molecule has 0 bridgehead atoms. The highest BCUT2D eigenvalue weighted by molar-refractivity contribution is 5.79. The first-order chi connectivity index (χ1) is 14.0. The molecule has 2 heterocycles. The Morgan fingerprint density at radius 2 is 1.69 bits per heavy atom. The van der Waals surface area contributed by atoms with Gasteiger partial charge in [-0.05, 0) is 41.8 Å². The van der Waals surface area contributed by atoms with E-state index in [0.717, 1.165) is 36.7 Å². The first kappa shape index (κ1) is 19.4. The van der Waals surface area contributed by atoms with E-state index in [1.54, 1.807) is 6.07 Å². The average molecular weight is 398 g/mol.